The first-order chi connectivity index (χ1) is 12.6. The normalized spacial score (nSPS) is 20.4. The van der Waals surface area contributed by atoms with Crippen LogP contribution in [0.3, 0.4) is 0 Å². The van der Waals surface area contributed by atoms with E-state index in [4.69, 9.17) is 10.5 Å². The quantitative estimate of drug-likeness (QED) is 0.731. The Kier molecular flexibility index (Phi) is 3.42. The lowest BCUT2D eigenvalue weighted by atomic mass is 10.1. The number of hydrogen-bond acceptors (Lipinski definition) is 6. The third-order valence-corrected chi connectivity index (χ3v) is 6.29. The van der Waals surface area contributed by atoms with Crippen LogP contribution in [-0.2, 0) is 0 Å². The van der Waals surface area contributed by atoms with Crippen molar-refractivity contribution in [1.29, 1.82) is 0 Å². The van der Waals surface area contributed by atoms with Crippen molar-refractivity contribution in [2.45, 2.75) is 31.3 Å². The van der Waals surface area contributed by atoms with Crippen LogP contribution in [-0.4, -0.2) is 35.2 Å². The molecule has 136 valence electrons. The zero-order valence-electron chi connectivity index (χ0n) is 14.4. The number of nitrogens with one attached hydrogen (secondary N) is 1. The van der Waals surface area contributed by atoms with Crippen molar-refractivity contribution in [1.82, 2.24) is 8.94 Å². The van der Waals surface area contributed by atoms with Gasteiger partial charge in [-0.3, -0.25) is 14.0 Å². The number of aromatic amines is 1. The summed E-state index contributed by atoms with van der Waals surface area (Å²) in [5, 5.41) is 0.796. The summed E-state index contributed by atoms with van der Waals surface area (Å²) in [6.07, 6.45) is 3.03. The van der Waals surface area contributed by atoms with E-state index in [0.717, 1.165) is 43.6 Å². The van der Waals surface area contributed by atoms with Gasteiger partial charge in [-0.05, 0) is 42.9 Å². The molecule has 1 aliphatic carbocycles. The minimum atomic E-state index is -0.306. The Morgan fingerprint density at radius 3 is 2.73 bits per heavy atom. The Morgan fingerprint density at radius 1 is 1.27 bits per heavy atom. The molecule has 1 unspecified atom stereocenters. The van der Waals surface area contributed by atoms with Gasteiger partial charge in [0, 0.05) is 25.2 Å². The number of H-pyrrole nitrogens is 1. The number of rotatable bonds is 3. The number of nitrogens with two attached hydrogens (primary N) is 1. The fraction of sp³-hybridized carbons (Fsp3) is 0.444. The summed E-state index contributed by atoms with van der Waals surface area (Å²) in [5.74, 6) is 0.698. The number of anilines is 1. The number of benzene rings is 1. The first-order valence-electron chi connectivity index (χ1n) is 8.87. The second kappa shape index (κ2) is 5.59. The highest BCUT2D eigenvalue weighted by atomic mass is 32.1. The van der Waals surface area contributed by atoms with Gasteiger partial charge in [0.15, 0.2) is 5.75 Å². The van der Waals surface area contributed by atoms with E-state index >= 15 is 0 Å². The fourth-order valence-electron chi connectivity index (χ4n) is 4.02. The van der Waals surface area contributed by atoms with Gasteiger partial charge in [0.25, 0.3) is 5.56 Å². The van der Waals surface area contributed by atoms with Crippen molar-refractivity contribution in [3.63, 3.8) is 0 Å². The number of fused-ring (bicyclic) bond motifs is 2. The lowest BCUT2D eigenvalue weighted by Crippen LogP contribution is -2.27. The molecule has 1 saturated heterocycles. The van der Waals surface area contributed by atoms with E-state index in [-0.39, 0.29) is 22.4 Å². The maximum absolute atomic E-state index is 13.0. The molecule has 2 aromatic heterocycles. The molecule has 1 aliphatic heterocycles. The summed E-state index contributed by atoms with van der Waals surface area (Å²) in [6.45, 7) is 1.64. The van der Waals surface area contributed by atoms with Gasteiger partial charge in [-0.2, -0.15) is 0 Å². The number of aromatic nitrogens is 2. The van der Waals surface area contributed by atoms with Crippen LogP contribution in [0.15, 0.2) is 21.7 Å². The average Bonchev–Trinajstić information content (AvgIpc) is 3.26. The van der Waals surface area contributed by atoms with Crippen molar-refractivity contribution >= 4 is 38.3 Å². The van der Waals surface area contributed by atoms with Crippen molar-refractivity contribution in [2.24, 2.45) is 5.73 Å². The van der Waals surface area contributed by atoms with E-state index in [1.165, 1.54) is 11.5 Å². The Balaban J connectivity index is 1.90. The van der Waals surface area contributed by atoms with Crippen molar-refractivity contribution in [3.05, 3.63) is 32.7 Å². The molecule has 5 rings (SSSR count). The van der Waals surface area contributed by atoms with Gasteiger partial charge < -0.3 is 19.9 Å². The molecule has 0 amide bonds. The highest BCUT2D eigenvalue weighted by Gasteiger charge is 2.32. The van der Waals surface area contributed by atoms with Gasteiger partial charge >= 0.3 is 0 Å². The zero-order chi connectivity index (χ0) is 18.0. The van der Waals surface area contributed by atoms with Gasteiger partial charge in [0.05, 0.1) is 23.7 Å². The van der Waals surface area contributed by atoms with Crippen LogP contribution in [0.4, 0.5) is 5.69 Å². The van der Waals surface area contributed by atoms with Crippen molar-refractivity contribution in [3.8, 4) is 5.75 Å². The number of methoxy groups -OCH3 is 1. The van der Waals surface area contributed by atoms with Crippen molar-refractivity contribution < 1.29 is 4.74 Å². The molecule has 1 atom stereocenters. The molecule has 1 aromatic carbocycles. The number of ether oxygens (including phenoxy) is 1. The first-order valence-corrected chi connectivity index (χ1v) is 9.68. The second-order valence-electron chi connectivity index (χ2n) is 7.15. The minimum absolute atomic E-state index is 0.151. The maximum atomic E-state index is 13.0. The highest BCUT2D eigenvalue weighted by molar-refractivity contribution is 7.12. The fourth-order valence-corrected chi connectivity index (χ4v) is 4.94. The highest BCUT2D eigenvalue weighted by Crippen LogP contribution is 2.44. The molecule has 3 aromatic rings. The van der Waals surface area contributed by atoms with Gasteiger partial charge in [0.2, 0.25) is 5.43 Å². The van der Waals surface area contributed by atoms with Crippen molar-refractivity contribution in [2.75, 3.05) is 25.1 Å². The largest absolute Gasteiger partial charge is 0.492 e. The monoisotopic (exact) mass is 372 g/mol. The molecule has 8 heteroatoms. The average molecular weight is 372 g/mol. The van der Waals surface area contributed by atoms with Gasteiger partial charge in [-0.25, -0.2) is 0 Å². The van der Waals surface area contributed by atoms with E-state index in [2.05, 4.69) is 13.8 Å². The summed E-state index contributed by atoms with van der Waals surface area (Å²) in [4.78, 5) is 28.1. The SMILES string of the molecule is COc1c(N2CCC(N)C2)ccc2c(=O)c3c(=O)[nH]sc3n(C3CC3)c12. The summed E-state index contributed by atoms with van der Waals surface area (Å²) >= 11 is 1.23. The van der Waals surface area contributed by atoms with Gasteiger partial charge in [-0.1, -0.05) is 0 Å². The van der Waals surface area contributed by atoms with Crippen LogP contribution < -0.4 is 26.4 Å². The van der Waals surface area contributed by atoms with E-state index in [0.29, 0.717) is 22.0 Å². The predicted octanol–water partition coefficient (Wildman–Crippen LogP) is 1.79. The maximum Gasteiger partial charge on any atom is 0.271 e. The molecule has 2 aliphatic rings. The van der Waals surface area contributed by atoms with Gasteiger partial charge in [-0.15, -0.1) is 0 Å². The van der Waals surface area contributed by atoms with Crippen LogP contribution in [0, 0.1) is 0 Å². The van der Waals surface area contributed by atoms with Gasteiger partial charge in [0.1, 0.15) is 10.2 Å². The summed E-state index contributed by atoms with van der Waals surface area (Å²) in [5.41, 5.74) is 7.31. The molecule has 7 nitrogen and oxygen atoms in total. The lowest BCUT2D eigenvalue weighted by molar-refractivity contribution is 0.417. The summed E-state index contributed by atoms with van der Waals surface area (Å²) < 4.78 is 10.7. The van der Waals surface area contributed by atoms with Crippen LogP contribution in [0.1, 0.15) is 25.3 Å². The zero-order valence-corrected chi connectivity index (χ0v) is 15.3. The minimum Gasteiger partial charge on any atom is -0.492 e. The van der Waals surface area contributed by atoms with E-state index in [1.807, 2.05) is 12.1 Å². The summed E-state index contributed by atoms with van der Waals surface area (Å²) in [6, 6.07) is 4.20. The number of pyridine rings is 1. The van der Waals surface area contributed by atoms with Crippen LogP contribution in [0.2, 0.25) is 0 Å². The Hall–Kier alpha value is -2.32. The van der Waals surface area contributed by atoms with E-state index in [1.54, 1.807) is 7.11 Å². The molecule has 0 spiro atoms. The molecule has 26 heavy (non-hydrogen) atoms. The van der Waals surface area contributed by atoms with Crippen LogP contribution in [0.5, 0.6) is 5.75 Å². The first kappa shape index (κ1) is 15.9. The second-order valence-corrected chi connectivity index (χ2v) is 7.95. The molecule has 2 fully saturated rings. The van der Waals surface area contributed by atoms with Crippen LogP contribution >= 0.6 is 11.5 Å². The topological polar surface area (TPSA) is 93.3 Å². The van der Waals surface area contributed by atoms with Crippen LogP contribution in [0.25, 0.3) is 21.1 Å². The molecule has 1 saturated carbocycles. The molecule has 3 N–H and O–H groups in total. The number of nitrogens with zero attached hydrogens (tertiary/aromatic N) is 2. The summed E-state index contributed by atoms with van der Waals surface area (Å²) in [7, 11) is 1.64. The van der Waals surface area contributed by atoms with E-state index in [9.17, 15) is 9.59 Å². The Morgan fingerprint density at radius 2 is 2.08 bits per heavy atom. The van der Waals surface area contributed by atoms with E-state index < -0.39 is 0 Å². The Bertz CT molecular complexity index is 1140. The molecular weight excluding hydrogens is 352 g/mol. The molecule has 3 heterocycles. The number of hydrogen-bond donors (Lipinski definition) is 2. The Labute approximate surface area is 153 Å². The smallest absolute Gasteiger partial charge is 0.271 e. The lowest BCUT2D eigenvalue weighted by Gasteiger charge is -2.23. The predicted molar refractivity (Wildman–Crippen MR) is 104 cm³/mol. The molecule has 0 bridgehead atoms. The molecule has 0 radical (unpaired) electrons. The third kappa shape index (κ3) is 2.15. The standard InChI is InChI=1S/C18H20N4O3S/c1-25-16-12(21-7-6-9(19)8-21)5-4-11-14(16)22(10-2-3-10)18-13(15(11)23)17(24)20-26-18/h4-5,9-10H,2-3,6-8,19H2,1H3,(H,20,24). The third-order valence-electron chi connectivity index (χ3n) is 5.40. The molecular formula is C18H20N4O3S.